The maximum absolute atomic E-state index is 9.26. The van der Waals surface area contributed by atoms with Gasteiger partial charge in [0.2, 0.25) is 0 Å². The summed E-state index contributed by atoms with van der Waals surface area (Å²) in [7, 11) is 0. The van der Waals surface area contributed by atoms with E-state index in [1.807, 2.05) is 16.7 Å². The van der Waals surface area contributed by atoms with E-state index in [4.69, 9.17) is 10.5 Å². The molecule has 0 aromatic carbocycles. The molecule has 2 atom stereocenters. The van der Waals surface area contributed by atoms with Crippen molar-refractivity contribution in [3.05, 3.63) is 24.7 Å². The Bertz CT molecular complexity index is 816. The monoisotopic (exact) mass is 285 g/mol. The number of aliphatic hydroxyl groups excluding tert-OH is 1. The Kier molecular flexibility index (Phi) is 2.76. The fourth-order valence-corrected chi connectivity index (χ4v) is 3.00. The lowest BCUT2D eigenvalue weighted by molar-refractivity contribution is -0.0185. The zero-order valence-electron chi connectivity index (χ0n) is 11.3. The van der Waals surface area contributed by atoms with E-state index in [1.54, 1.807) is 6.20 Å². The Balaban J connectivity index is 2.00. The molecular formula is C14H15N5O2. The van der Waals surface area contributed by atoms with E-state index < -0.39 is 0 Å². The van der Waals surface area contributed by atoms with Crippen LogP contribution in [0.15, 0.2) is 24.7 Å². The minimum absolute atomic E-state index is 0.0308. The molecule has 0 radical (unpaired) electrons. The maximum atomic E-state index is 9.26. The van der Waals surface area contributed by atoms with E-state index in [9.17, 15) is 5.11 Å². The molecule has 1 aliphatic heterocycles. The van der Waals surface area contributed by atoms with Gasteiger partial charge in [0.05, 0.1) is 23.6 Å². The number of fused-ring (bicyclic) bond motifs is 3. The second-order valence-corrected chi connectivity index (χ2v) is 5.17. The third kappa shape index (κ3) is 1.78. The molecule has 3 aromatic rings. The summed E-state index contributed by atoms with van der Waals surface area (Å²) >= 11 is 0. The lowest BCUT2D eigenvalue weighted by atomic mass is 10.2. The molecular weight excluding hydrogens is 270 g/mol. The summed E-state index contributed by atoms with van der Waals surface area (Å²) in [4.78, 5) is 12.8. The molecule has 108 valence electrons. The van der Waals surface area contributed by atoms with E-state index in [-0.39, 0.29) is 18.9 Å². The van der Waals surface area contributed by atoms with Crippen LogP contribution in [-0.4, -0.2) is 37.3 Å². The van der Waals surface area contributed by atoms with Gasteiger partial charge < -0.3 is 15.6 Å². The van der Waals surface area contributed by atoms with Crippen molar-refractivity contribution in [1.29, 1.82) is 0 Å². The van der Waals surface area contributed by atoms with Crippen molar-refractivity contribution in [3.63, 3.8) is 0 Å². The first kappa shape index (κ1) is 12.5. The average Bonchev–Trinajstić information content (AvgIpc) is 3.09. The molecule has 0 spiro atoms. The van der Waals surface area contributed by atoms with Crippen molar-refractivity contribution in [2.75, 3.05) is 12.3 Å². The van der Waals surface area contributed by atoms with Crippen LogP contribution in [0.3, 0.4) is 0 Å². The molecule has 1 saturated heterocycles. The second-order valence-electron chi connectivity index (χ2n) is 5.17. The van der Waals surface area contributed by atoms with Crippen LogP contribution in [0, 0.1) is 0 Å². The van der Waals surface area contributed by atoms with Gasteiger partial charge in [-0.2, -0.15) is 0 Å². The van der Waals surface area contributed by atoms with Gasteiger partial charge in [0, 0.05) is 6.20 Å². The van der Waals surface area contributed by atoms with Gasteiger partial charge >= 0.3 is 0 Å². The Hall–Kier alpha value is -2.25. The van der Waals surface area contributed by atoms with Crippen molar-refractivity contribution in [2.45, 2.75) is 25.2 Å². The van der Waals surface area contributed by atoms with Gasteiger partial charge in [-0.15, -0.1) is 0 Å². The largest absolute Gasteiger partial charge is 0.394 e. The quantitative estimate of drug-likeness (QED) is 0.734. The van der Waals surface area contributed by atoms with Crippen molar-refractivity contribution < 1.29 is 9.84 Å². The second kappa shape index (κ2) is 4.64. The van der Waals surface area contributed by atoms with Gasteiger partial charge in [0.25, 0.3) is 0 Å². The van der Waals surface area contributed by atoms with E-state index >= 15 is 0 Å². The van der Waals surface area contributed by atoms with Crippen LogP contribution in [0.25, 0.3) is 22.1 Å². The highest BCUT2D eigenvalue weighted by molar-refractivity contribution is 6.09. The molecule has 7 heteroatoms. The molecule has 7 nitrogen and oxygen atoms in total. The third-order valence-corrected chi connectivity index (χ3v) is 3.94. The first-order valence-corrected chi connectivity index (χ1v) is 6.91. The molecule has 1 aliphatic rings. The first-order valence-electron chi connectivity index (χ1n) is 6.91. The number of hydrogen-bond acceptors (Lipinski definition) is 6. The number of nitrogen functional groups attached to an aromatic ring is 1. The molecule has 4 rings (SSSR count). The lowest BCUT2D eigenvalue weighted by Gasteiger charge is -2.15. The van der Waals surface area contributed by atoms with Crippen LogP contribution in [0.5, 0.6) is 0 Å². The molecule has 0 amide bonds. The number of anilines is 1. The molecule has 3 N–H and O–H groups in total. The van der Waals surface area contributed by atoms with Gasteiger partial charge in [0.15, 0.2) is 0 Å². The maximum Gasteiger partial charge on any atom is 0.150 e. The van der Waals surface area contributed by atoms with Gasteiger partial charge in [-0.1, -0.05) is 0 Å². The summed E-state index contributed by atoms with van der Waals surface area (Å²) in [5, 5.41) is 10.0. The van der Waals surface area contributed by atoms with Crippen molar-refractivity contribution in [1.82, 2.24) is 19.5 Å². The van der Waals surface area contributed by atoms with E-state index in [0.717, 1.165) is 34.9 Å². The lowest BCUT2D eigenvalue weighted by Crippen LogP contribution is -2.14. The minimum atomic E-state index is -0.166. The zero-order valence-corrected chi connectivity index (χ0v) is 11.3. The molecule has 0 bridgehead atoms. The van der Waals surface area contributed by atoms with E-state index in [0.29, 0.717) is 5.82 Å². The molecule has 4 heterocycles. The van der Waals surface area contributed by atoms with E-state index in [1.165, 1.54) is 6.33 Å². The predicted octanol–water partition coefficient (Wildman–Crippen LogP) is 1.23. The van der Waals surface area contributed by atoms with Gasteiger partial charge in [-0.05, 0) is 25.0 Å². The van der Waals surface area contributed by atoms with Crippen LogP contribution in [0.2, 0.25) is 0 Å². The fraction of sp³-hybridized carbons (Fsp3) is 0.357. The topological polar surface area (TPSA) is 99.1 Å². The van der Waals surface area contributed by atoms with E-state index in [2.05, 4.69) is 15.0 Å². The SMILES string of the molecule is Nc1ncnc2c1c1ncccc1n2C1CCC(CO)O1. The smallest absolute Gasteiger partial charge is 0.150 e. The number of hydrogen-bond donors (Lipinski definition) is 2. The molecule has 2 unspecified atom stereocenters. The minimum Gasteiger partial charge on any atom is -0.394 e. The Morgan fingerprint density at radius 3 is 3.05 bits per heavy atom. The highest BCUT2D eigenvalue weighted by atomic mass is 16.5. The zero-order chi connectivity index (χ0) is 14.4. The van der Waals surface area contributed by atoms with Gasteiger partial charge in [-0.25, -0.2) is 9.97 Å². The highest BCUT2D eigenvalue weighted by Gasteiger charge is 2.29. The average molecular weight is 285 g/mol. The predicted molar refractivity (Wildman–Crippen MR) is 77.5 cm³/mol. The van der Waals surface area contributed by atoms with Crippen LogP contribution >= 0.6 is 0 Å². The Morgan fingerprint density at radius 2 is 2.24 bits per heavy atom. The number of nitrogens with two attached hydrogens (primary N) is 1. The van der Waals surface area contributed by atoms with Crippen LogP contribution in [0.4, 0.5) is 5.82 Å². The summed E-state index contributed by atoms with van der Waals surface area (Å²) in [6.07, 6.45) is 4.53. The normalized spacial score (nSPS) is 22.3. The van der Waals surface area contributed by atoms with Gasteiger partial charge in [-0.3, -0.25) is 9.55 Å². The number of pyridine rings is 1. The van der Waals surface area contributed by atoms with Crippen molar-refractivity contribution in [3.8, 4) is 0 Å². The van der Waals surface area contributed by atoms with Crippen molar-refractivity contribution >= 4 is 27.9 Å². The number of nitrogens with zero attached hydrogens (tertiary/aromatic N) is 4. The summed E-state index contributed by atoms with van der Waals surface area (Å²) in [6.45, 7) is 0.0308. The molecule has 0 aliphatic carbocycles. The van der Waals surface area contributed by atoms with Crippen molar-refractivity contribution in [2.24, 2.45) is 0 Å². The van der Waals surface area contributed by atoms with Crippen LogP contribution in [-0.2, 0) is 4.74 Å². The van der Waals surface area contributed by atoms with Gasteiger partial charge in [0.1, 0.15) is 29.5 Å². The summed E-state index contributed by atoms with van der Waals surface area (Å²) in [5.74, 6) is 0.416. The number of aromatic nitrogens is 4. The number of aliphatic hydroxyl groups is 1. The van der Waals surface area contributed by atoms with Crippen LogP contribution in [0.1, 0.15) is 19.1 Å². The summed E-state index contributed by atoms with van der Waals surface area (Å²) in [6, 6.07) is 3.85. The number of rotatable bonds is 2. The fourth-order valence-electron chi connectivity index (χ4n) is 3.00. The molecule has 21 heavy (non-hydrogen) atoms. The number of ether oxygens (including phenoxy) is 1. The Morgan fingerprint density at radius 1 is 1.33 bits per heavy atom. The third-order valence-electron chi connectivity index (χ3n) is 3.94. The highest BCUT2D eigenvalue weighted by Crippen LogP contribution is 2.36. The Labute approximate surface area is 120 Å². The molecule has 3 aromatic heterocycles. The first-order chi connectivity index (χ1) is 10.3. The summed E-state index contributed by atoms with van der Waals surface area (Å²) in [5.41, 5.74) is 8.42. The molecule has 1 fully saturated rings. The molecule has 0 saturated carbocycles. The van der Waals surface area contributed by atoms with Crippen LogP contribution < -0.4 is 5.73 Å². The standard InChI is InChI=1S/C14H15N5O2/c15-13-11-12-9(2-1-5-16-12)19(14(11)18-7-17-13)10-4-3-8(6-20)21-10/h1-2,5,7-8,10,20H,3-4,6H2,(H2,15,17,18). The summed E-state index contributed by atoms with van der Waals surface area (Å²) < 4.78 is 7.90.